The van der Waals surface area contributed by atoms with Crippen LogP contribution in [0, 0.1) is 6.92 Å². The summed E-state index contributed by atoms with van der Waals surface area (Å²) in [5, 5.41) is 3.43. The van der Waals surface area contributed by atoms with Crippen LogP contribution in [0.3, 0.4) is 0 Å². The third kappa shape index (κ3) is 3.25. The minimum absolute atomic E-state index is 0.150. The number of nitrogens with zero attached hydrogens (tertiary/aromatic N) is 1. The minimum atomic E-state index is -3.63. The highest BCUT2D eigenvalue weighted by molar-refractivity contribution is 7.92. The number of nitrogens with one attached hydrogen (secondary N) is 1. The molecule has 3 rings (SSSR count). The average Bonchev–Trinajstić information content (AvgIpc) is 3.03. The van der Waals surface area contributed by atoms with Gasteiger partial charge in [0, 0.05) is 18.8 Å². The fourth-order valence-electron chi connectivity index (χ4n) is 2.47. The predicted octanol–water partition coefficient (Wildman–Crippen LogP) is 3.39. The molecule has 0 saturated carbocycles. The Kier molecular flexibility index (Phi) is 4.53. The first-order valence-corrected chi connectivity index (χ1v) is 9.90. The Labute approximate surface area is 151 Å². The molecule has 0 unspecified atom stereocenters. The lowest BCUT2D eigenvalue weighted by Gasteiger charge is -2.19. The van der Waals surface area contributed by atoms with E-state index in [9.17, 15) is 13.2 Å². The molecular weight excluding hydrogens is 356 g/mol. The van der Waals surface area contributed by atoms with E-state index in [2.05, 4.69) is 5.32 Å². The number of hydrogen-bond donors (Lipinski definition) is 1. The van der Waals surface area contributed by atoms with Crippen LogP contribution < -0.4 is 9.62 Å². The van der Waals surface area contributed by atoms with Crippen LogP contribution in [0.2, 0.25) is 0 Å². The lowest BCUT2D eigenvalue weighted by atomic mass is 10.2. The Balaban J connectivity index is 2.00. The van der Waals surface area contributed by atoms with Crippen LogP contribution in [0.25, 0.3) is 10.1 Å². The third-order valence-electron chi connectivity index (χ3n) is 3.99. The topological polar surface area (TPSA) is 66.5 Å². The molecule has 7 heteroatoms. The van der Waals surface area contributed by atoms with Gasteiger partial charge in [0.2, 0.25) is 0 Å². The third-order valence-corrected chi connectivity index (χ3v) is 6.91. The summed E-state index contributed by atoms with van der Waals surface area (Å²) in [5.41, 5.74) is 1.55. The molecule has 0 fully saturated rings. The molecule has 5 nitrogen and oxygen atoms in total. The van der Waals surface area contributed by atoms with Crippen LogP contribution >= 0.6 is 11.3 Å². The SMILES string of the molecule is CNC(=O)c1cc2cc(N(C)S(=O)(=O)c3ccc(C)cc3)ccc2s1. The number of aryl methyl sites for hydroxylation is 1. The van der Waals surface area contributed by atoms with E-state index >= 15 is 0 Å². The van der Waals surface area contributed by atoms with Crippen LogP contribution in [0.15, 0.2) is 53.4 Å². The van der Waals surface area contributed by atoms with Crippen LogP contribution in [-0.4, -0.2) is 28.4 Å². The monoisotopic (exact) mass is 374 g/mol. The molecule has 0 aliphatic rings. The number of thiophene rings is 1. The van der Waals surface area contributed by atoms with Crippen LogP contribution in [0.4, 0.5) is 5.69 Å². The first-order valence-electron chi connectivity index (χ1n) is 7.64. The van der Waals surface area contributed by atoms with Crippen molar-refractivity contribution in [3.63, 3.8) is 0 Å². The summed E-state index contributed by atoms with van der Waals surface area (Å²) in [6, 6.07) is 13.9. The zero-order valence-corrected chi connectivity index (χ0v) is 15.7. The standard InChI is InChI=1S/C18H18N2O3S2/c1-12-4-7-15(8-5-12)25(22,23)20(3)14-6-9-16-13(10-14)11-17(24-16)18(21)19-2/h4-11H,1-3H3,(H,19,21). The predicted molar refractivity (Wildman–Crippen MR) is 102 cm³/mol. The van der Waals surface area contributed by atoms with Crippen LogP contribution in [0.1, 0.15) is 15.2 Å². The molecule has 1 heterocycles. The van der Waals surface area contributed by atoms with Crippen LogP contribution in [0.5, 0.6) is 0 Å². The van der Waals surface area contributed by atoms with Crippen LogP contribution in [-0.2, 0) is 10.0 Å². The largest absolute Gasteiger partial charge is 0.354 e. The fourth-order valence-corrected chi connectivity index (χ4v) is 4.65. The molecule has 2 aromatic carbocycles. The normalized spacial score (nSPS) is 11.5. The first-order chi connectivity index (χ1) is 11.8. The molecular formula is C18H18N2O3S2. The number of carbonyl (C=O) groups is 1. The molecule has 1 amide bonds. The van der Waals surface area contributed by atoms with Gasteiger partial charge in [0.05, 0.1) is 15.5 Å². The van der Waals surface area contributed by atoms with Gasteiger partial charge >= 0.3 is 0 Å². The summed E-state index contributed by atoms with van der Waals surface area (Å²) < 4.78 is 27.8. The summed E-state index contributed by atoms with van der Waals surface area (Å²) in [6.07, 6.45) is 0. The molecule has 0 aliphatic carbocycles. The summed E-state index contributed by atoms with van der Waals surface area (Å²) in [4.78, 5) is 12.6. The van der Waals surface area contributed by atoms with E-state index in [0.29, 0.717) is 10.6 Å². The lowest BCUT2D eigenvalue weighted by Crippen LogP contribution is -2.26. The minimum Gasteiger partial charge on any atom is -0.354 e. The molecule has 0 atom stereocenters. The van der Waals surface area contributed by atoms with Crippen molar-refractivity contribution in [1.82, 2.24) is 5.32 Å². The highest BCUT2D eigenvalue weighted by Gasteiger charge is 2.21. The molecule has 130 valence electrons. The van der Waals surface area contributed by atoms with Gasteiger partial charge in [-0.05, 0) is 48.7 Å². The van der Waals surface area contributed by atoms with Gasteiger partial charge in [-0.3, -0.25) is 9.10 Å². The number of hydrogen-bond acceptors (Lipinski definition) is 4. The molecule has 25 heavy (non-hydrogen) atoms. The summed E-state index contributed by atoms with van der Waals surface area (Å²) >= 11 is 1.38. The van der Waals surface area contributed by atoms with Crippen molar-refractivity contribution >= 4 is 43.0 Å². The summed E-state index contributed by atoms with van der Waals surface area (Å²) in [7, 11) is -0.521. The van der Waals surface area contributed by atoms with Gasteiger partial charge in [0.25, 0.3) is 15.9 Å². The van der Waals surface area contributed by atoms with Crippen molar-refractivity contribution in [2.24, 2.45) is 0 Å². The number of carbonyl (C=O) groups excluding carboxylic acids is 1. The quantitative estimate of drug-likeness (QED) is 0.761. The number of rotatable bonds is 4. The molecule has 0 aliphatic heterocycles. The van der Waals surface area contributed by atoms with Gasteiger partial charge < -0.3 is 5.32 Å². The Morgan fingerprint density at radius 3 is 2.40 bits per heavy atom. The van der Waals surface area contributed by atoms with Crippen molar-refractivity contribution < 1.29 is 13.2 Å². The Hall–Kier alpha value is -2.38. The van der Waals surface area contributed by atoms with Crippen molar-refractivity contribution in [2.75, 3.05) is 18.4 Å². The number of amides is 1. The van der Waals surface area contributed by atoms with Crippen molar-refractivity contribution in [2.45, 2.75) is 11.8 Å². The first kappa shape index (κ1) is 17.4. The second kappa shape index (κ2) is 6.50. The Morgan fingerprint density at radius 1 is 1.08 bits per heavy atom. The molecule has 3 aromatic rings. The molecule has 0 saturated heterocycles. The molecule has 1 aromatic heterocycles. The molecule has 0 spiro atoms. The van der Waals surface area contributed by atoms with Gasteiger partial charge in [0.1, 0.15) is 0 Å². The number of anilines is 1. The van der Waals surface area contributed by atoms with Gasteiger partial charge in [-0.2, -0.15) is 0 Å². The molecule has 0 radical (unpaired) electrons. The number of benzene rings is 2. The highest BCUT2D eigenvalue weighted by Crippen LogP contribution is 2.31. The molecule has 1 N–H and O–H groups in total. The average molecular weight is 374 g/mol. The van der Waals surface area contributed by atoms with Crippen molar-refractivity contribution in [3.8, 4) is 0 Å². The zero-order valence-electron chi connectivity index (χ0n) is 14.1. The second-order valence-corrected chi connectivity index (χ2v) is 8.75. The smallest absolute Gasteiger partial charge is 0.264 e. The Morgan fingerprint density at radius 2 is 1.76 bits per heavy atom. The Bertz CT molecular complexity index is 1040. The zero-order chi connectivity index (χ0) is 18.2. The van der Waals surface area contributed by atoms with E-state index < -0.39 is 10.0 Å². The maximum atomic E-state index is 12.8. The van der Waals surface area contributed by atoms with E-state index in [-0.39, 0.29) is 10.8 Å². The number of sulfonamides is 1. The lowest BCUT2D eigenvalue weighted by molar-refractivity contribution is 0.0967. The summed E-state index contributed by atoms with van der Waals surface area (Å²) in [5.74, 6) is -0.150. The number of fused-ring (bicyclic) bond motifs is 1. The van der Waals surface area contributed by atoms with E-state index in [1.807, 2.05) is 13.0 Å². The van der Waals surface area contributed by atoms with Gasteiger partial charge in [-0.15, -0.1) is 11.3 Å². The van der Waals surface area contributed by atoms with E-state index in [0.717, 1.165) is 15.6 Å². The molecule has 0 bridgehead atoms. The van der Waals surface area contributed by atoms with Gasteiger partial charge in [0.15, 0.2) is 0 Å². The second-order valence-electron chi connectivity index (χ2n) is 5.70. The van der Waals surface area contributed by atoms with Crippen molar-refractivity contribution in [3.05, 3.63) is 59.0 Å². The van der Waals surface area contributed by atoms with E-state index in [1.165, 1.54) is 22.7 Å². The van der Waals surface area contributed by atoms with E-state index in [4.69, 9.17) is 0 Å². The fraction of sp³-hybridized carbons (Fsp3) is 0.167. The maximum Gasteiger partial charge on any atom is 0.264 e. The van der Waals surface area contributed by atoms with Gasteiger partial charge in [-0.1, -0.05) is 17.7 Å². The van der Waals surface area contributed by atoms with Crippen molar-refractivity contribution in [1.29, 1.82) is 0 Å². The highest BCUT2D eigenvalue weighted by atomic mass is 32.2. The maximum absolute atomic E-state index is 12.8. The van der Waals surface area contributed by atoms with Gasteiger partial charge in [-0.25, -0.2) is 8.42 Å². The van der Waals surface area contributed by atoms with E-state index in [1.54, 1.807) is 49.5 Å². The summed E-state index contributed by atoms with van der Waals surface area (Å²) in [6.45, 7) is 1.91.